The van der Waals surface area contributed by atoms with Crippen LogP contribution in [0.3, 0.4) is 0 Å². The normalized spacial score (nSPS) is 11.8. The summed E-state index contributed by atoms with van der Waals surface area (Å²) in [5.74, 6) is -0.0930. The largest absolute Gasteiger partial charge is 0.491 e. The summed E-state index contributed by atoms with van der Waals surface area (Å²) in [7, 11) is 0. The molecule has 0 aliphatic rings. The molecule has 0 spiro atoms. The van der Waals surface area contributed by atoms with Crippen LogP contribution in [0.1, 0.15) is 30.6 Å². The number of nitrogens with one attached hydrogen (secondary N) is 1. The van der Waals surface area contributed by atoms with Gasteiger partial charge >= 0.3 is 0 Å². The Bertz CT molecular complexity index is 610. The van der Waals surface area contributed by atoms with Gasteiger partial charge in [0.05, 0.1) is 11.8 Å². The van der Waals surface area contributed by atoms with Crippen molar-refractivity contribution in [2.45, 2.75) is 26.4 Å². The molecule has 0 bridgehead atoms. The van der Waals surface area contributed by atoms with Crippen LogP contribution in [-0.4, -0.2) is 12.0 Å². The third-order valence-corrected chi connectivity index (χ3v) is 3.15. The molecule has 4 heteroatoms. The summed E-state index contributed by atoms with van der Waals surface area (Å²) in [6.45, 7) is 4.03. The molecule has 1 atom stereocenters. The average molecular weight is 287 g/mol. The molecule has 0 aliphatic carbocycles. The van der Waals surface area contributed by atoms with Crippen LogP contribution in [0.4, 0.5) is 10.1 Å². The lowest BCUT2D eigenvalue weighted by Gasteiger charge is -2.12. The van der Waals surface area contributed by atoms with Crippen LogP contribution in [-0.2, 0) is 0 Å². The molecule has 1 N–H and O–H groups in total. The molecule has 0 fully saturated rings. The van der Waals surface area contributed by atoms with Gasteiger partial charge in [-0.05, 0) is 49.7 Å². The third-order valence-electron chi connectivity index (χ3n) is 3.15. The van der Waals surface area contributed by atoms with Gasteiger partial charge in [-0.3, -0.25) is 4.79 Å². The zero-order valence-electron chi connectivity index (χ0n) is 12.1. The van der Waals surface area contributed by atoms with Crippen LogP contribution in [0.2, 0.25) is 0 Å². The molecule has 0 aliphatic heterocycles. The lowest BCUT2D eigenvalue weighted by atomic mass is 10.2. The fourth-order valence-electron chi connectivity index (χ4n) is 1.76. The fourth-order valence-corrected chi connectivity index (χ4v) is 1.76. The van der Waals surface area contributed by atoms with Crippen molar-refractivity contribution in [3.63, 3.8) is 0 Å². The first-order valence-electron chi connectivity index (χ1n) is 6.92. The van der Waals surface area contributed by atoms with E-state index in [1.165, 1.54) is 12.1 Å². The Kier molecular flexibility index (Phi) is 4.93. The second kappa shape index (κ2) is 6.88. The van der Waals surface area contributed by atoms with Crippen molar-refractivity contribution in [3.05, 3.63) is 59.9 Å². The number of carbonyl (C=O) groups excluding carboxylic acids is 1. The second-order valence-corrected chi connectivity index (χ2v) is 4.80. The SMILES string of the molecule is CCC(C)Oc1ccc(C(=O)Nc2ccccc2F)cc1. The predicted octanol–water partition coefficient (Wildman–Crippen LogP) is 4.26. The smallest absolute Gasteiger partial charge is 0.255 e. The Balaban J connectivity index is 2.05. The van der Waals surface area contributed by atoms with Crippen molar-refractivity contribution in [2.75, 3.05) is 5.32 Å². The third kappa shape index (κ3) is 4.05. The molecule has 2 aromatic carbocycles. The Morgan fingerprint density at radius 1 is 1.19 bits per heavy atom. The van der Waals surface area contributed by atoms with Crippen molar-refractivity contribution in [2.24, 2.45) is 0 Å². The minimum absolute atomic E-state index is 0.128. The van der Waals surface area contributed by atoms with Gasteiger partial charge in [0.25, 0.3) is 5.91 Å². The van der Waals surface area contributed by atoms with Crippen molar-refractivity contribution in [3.8, 4) is 5.75 Å². The second-order valence-electron chi connectivity index (χ2n) is 4.80. The molecular formula is C17H18FNO2. The van der Waals surface area contributed by atoms with Gasteiger partial charge in [-0.1, -0.05) is 19.1 Å². The number of para-hydroxylation sites is 1. The summed E-state index contributed by atoms with van der Waals surface area (Å²) < 4.78 is 19.1. The van der Waals surface area contributed by atoms with Gasteiger partial charge in [-0.15, -0.1) is 0 Å². The van der Waals surface area contributed by atoms with Crippen molar-refractivity contribution < 1.29 is 13.9 Å². The summed E-state index contributed by atoms with van der Waals surface area (Å²) in [5, 5.41) is 2.54. The van der Waals surface area contributed by atoms with Crippen LogP contribution >= 0.6 is 0 Å². The molecular weight excluding hydrogens is 269 g/mol. The monoisotopic (exact) mass is 287 g/mol. The average Bonchev–Trinajstić information content (AvgIpc) is 2.50. The van der Waals surface area contributed by atoms with Crippen LogP contribution in [0.15, 0.2) is 48.5 Å². The Hall–Kier alpha value is -2.36. The number of rotatable bonds is 5. The summed E-state index contributed by atoms with van der Waals surface area (Å²) in [6, 6.07) is 12.9. The van der Waals surface area contributed by atoms with Crippen LogP contribution in [0.25, 0.3) is 0 Å². The van der Waals surface area contributed by atoms with Gasteiger partial charge in [0.1, 0.15) is 11.6 Å². The first-order chi connectivity index (χ1) is 10.1. The maximum atomic E-state index is 13.5. The quantitative estimate of drug-likeness (QED) is 0.892. The maximum absolute atomic E-state index is 13.5. The van der Waals surface area contributed by atoms with E-state index in [0.717, 1.165) is 6.42 Å². The van der Waals surface area contributed by atoms with Gasteiger partial charge in [0, 0.05) is 5.56 Å². The van der Waals surface area contributed by atoms with Crippen molar-refractivity contribution in [1.29, 1.82) is 0 Å². The Labute approximate surface area is 123 Å². The van der Waals surface area contributed by atoms with Crippen LogP contribution < -0.4 is 10.1 Å². The Morgan fingerprint density at radius 3 is 2.48 bits per heavy atom. The molecule has 0 aromatic heterocycles. The number of hydrogen-bond acceptors (Lipinski definition) is 2. The lowest BCUT2D eigenvalue weighted by Crippen LogP contribution is -2.13. The number of amides is 1. The molecule has 0 heterocycles. The van der Waals surface area contributed by atoms with Gasteiger partial charge < -0.3 is 10.1 Å². The van der Waals surface area contributed by atoms with Gasteiger partial charge in [0.2, 0.25) is 0 Å². The van der Waals surface area contributed by atoms with Gasteiger partial charge in [-0.25, -0.2) is 4.39 Å². The minimum Gasteiger partial charge on any atom is -0.491 e. The van der Waals surface area contributed by atoms with E-state index in [2.05, 4.69) is 5.32 Å². The van der Waals surface area contributed by atoms with E-state index >= 15 is 0 Å². The minimum atomic E-state index is -0.456. The highest BCUT2D eigenvalue weighted by atomic mass is 19.1. The summed E-state index contributed by atoms with van der Waals surface area (Å²) >= 11 is 0. The van der Waals surface area contributed by atoms with Crippen LogP contribution in [0.5, 0.6) is 5.75 Å². The lowest BCUT2D eigenvalue weighted by molar-refractivity contribution is 0.102. The van der Waals surface area contributed by atoms with E-state index in [1.807, 2.05) is 13.8 Å². The molecule has 21 heavy (non-hydrogen) atoms. The zero-order chi connectivity index (χ0) is 15.2. The molecule has 0 radical (unpaired) electrons. The number of hydrogen-bond donors (Lipinski definition) is 1. The zero-order valence-corrected chi connectivity index (χ0v) is 12.1. The summed E-state index contributed by atoms with van der Waals surface area (Å²) in [6.07, 6.45) is 1.04. The molecule has 3 nitrogen and oxygen atoms in total. The van der Waals surface area contributed by atoms with E-state index in [0.29, 0.717) is 11.3 Å². The molecule has 1 amide bonds. The number of carbonyl (C=O) groups is 1. The van der Waals surface area contributed by atoms with Gasteiger partial charge in [-0.2, -0.15) is 0 Å². The predicted molar refractivity (Wildman–Crippen MR) is 81.2 cm³/mol. The molecule has 0 saturated heterocycles. The molecule has 1 unspecified atom stereocenters. The van der Waals surface area contributed by atoms with E-state index in [9.17, 15) is 9.18 Å². The number of halogens is 1. The van der Waals surface area contributed by atoms with E-state index in [4.69, 9.17) is 4.74 Å². The molecule has 0 saturated carbocycles. The number of benzene rings is 2. The van der Waals surface area contributed by atoms with E-state index < -0.39 is 5.82 Å². The maximum Gasteiger partial charge on any atom is 0.255 e. The Morgan fingerprint density at radius 2 is 1.86 bits per heavy atom. The molecule has 2 aromatic rings. The first kappa shape index (κ1) is 15.0. The highest BCUT2D eigenvalue weighted by Gasteiger charge is 2.09. The molecule has 110 valence electrons. The number of anilines is 1. The van der Waals surface area contributed by atoms with Crippen molar-refractivity contribution in [1.82, 2.24) is 0 Å². The van der Waals surface area contributed by atoms with E-state index in [1.54, 1.807) is 36.4 Å². The standard InChI is InChI=1S/C17H18FNO2/c1-3-12(2)21-14-10-8-13(9-11-14)17(20)19-16-7-5-4-6-15(16)18/h4-12H,3H2,1-2H3,(H,19,20). The van der Waals surface area contributed by atoms with E-state index in [-0.39, 0.29) is 17.7 Å². The summed E-state index contributed by atoms with van der Waals surface area (Å²) in [4.78, 5) is 12.0. The van der Waals surface area contributed by atoms with Gasteiger partial charge in [0.15, 0.2) is 0 Å². The summed E-state index contributed by atoms with van der Waals surface area (Å²) in [5.41, 5.74) is 0.622. The highest BCUT2D eigenvalue weighted by Crippen LogP contribution is 2.17. The number of ether oxygens (including phenoxy) is 1. The topological polar surface area (TPSA) is 38.3 Å². The first-order valence-corrected chi connectivity index (χ1v) is 6.92. The molecule has 2 rings (SSSR count). The highest BCUT2D eigenvalue weighted by molar-refractivity contribution is 6.04. The van der Waals surface area contributed by atoms with Crippen LogP contribution in [0, 0.1) is 5.82 Å². The fraction of sp³-hybridized carbons (Fsp3) is 0.235. The van der Waals surface area contributed by atoms with Crippen molar-refractivity contribution >= 4 is 11.6 Å².